The van der Waals surface area contributed by atoms with Gasteiger partial charge in [-0.25, -0.2) is 0 Å². The summed E-state index contributed by atoms with van der Waals surface area (Å²) in [6, 6.07) is 5.74. The molecule has 1 fully saturated rings. The minimum atomic E-state index is -0.0760. The van der Waals surface area contributed by atoms with E-state index in [-0.39, 0.29) is 11.9 Å². The fraction of sp³-hybridized carbons (Fsp3) is 0.471. The summed E-state index contributed by atoms with van der Waals surface area (Å²) in [5.41, 5.74) is 2.23. The Morgan fingerprint density at radius 2 is 2.00 bits per heavy atom. The van der Waals surface area contributed by atoms with E-state index in [4.69, 9.17) is 9.15 Å². The van der Waals surface area contributed by atoms with Crippen LogP contribution < -0.4 is 4.74 Å². The van der Waals surface area contributed by atoms with Crippen molar-refractivity contribution in [2.45, 2.75) is 44.9 Å². The number of rotatable bonds is 2. The summed E-state index contributed by atoms with van der Waals surface area (Å²) >= 11 is 0. The molecule has 0 N–H and O–H groups in total. The van der Waals surface area contributed by atoms with Crippen LogP contribution in [-0.2, 0) is 17.6 Å². The van der Waals surface area contributed by atoms with Crippen molar-refractivity contribution in [2.75, 3.05) is 0 Å². The number of carbonyl (C=O) groups is 1. The predicted molar refractivity (Wildman–Crippen MR) is 75.8 cm³/mol. The molecule has 0 radical (unpaired) electrons. The normalized spacial score (nSPS) is 18.6. The molecule has 3 nitrogen and oxygen atoms in total. The molecule has 1 aromatic carbocycles. The number of carbonyl (C=O) groups excluding carboxylic acids is 1. The number of furan rings is 1. The number of esters is 1. The zero-order valence-corrected chi connectivity index (χ0v) is 11.5. The highest BCUT2D eigenvalue weighted by molar-refractivity contribution is 5.85. The van der Waals surface area contributed by atoms with Gasteiger partial charge in [-0.05, 0) is 50.3 Å². The van der Waals surface area contributed by atoms with Crippen LogP contribution in [0.15, 0.2) is 22.6 Å². The predicted octanol–water partition coefficient (Wildman–Crippen LogP) is 4.02. The lowest BCUT2D eigenvalue weighted by atomic mass is 9.86. The Labute approximate surface area is 117 Å². The van der Waals surface area contributed by atoms with Gasteiger partial charge in [0, 0.05) is 17.4 Å². The Kier molecular flexibility index (Phi) is 2.79. The third-order valence-electron chi connectivity index (χ3n) is 4.58. The fourth-order valence-electron chi connectivity index (χ4n) is 3.15. The van der Waals surface area contributed by atoms with Crippen molar-refractivity contribution in [3.8, 4) is 5.75 Å². The Bertz CT molecular complexity index is 664. The van der Waals surface area contributed by atoms with Crippen LogP contribution in [0.3, 0.4) is 0 Å². The van der Waals surface area contributed by atoms with E-state index in [0.29, 0.717) is 5.75 Å². The van der Waals surface area contributed by atoms with Crippen LogP contribution in [-0.4, -0.2) is 5.97 Å². The standard InChI is InChI=1S/C17H18O3/c18-17(11-4-3-5-11)19-12-8-9-16-14(10-12)13-6-1-2-7-15(13)20-16/h8-11H,1-7H2. The van der Waals surface area contributed by atoms with Gasteiger partial charge in [0.15, 0.2) is 0 Å². The Hall–Kier alpha value is -1.77. The van der Waals surface area contributed by atoms with Crippen LogP contribution in [0, 0.1) is 5.92 Å². The van der Waals surface area contributed by atoms with Gasteiger partial charge in [-0.1, -0.05) is 6.42 Å². The van der Waals surface area contributed by atoms with Gasteiger partial charge in [0.05, 0.1) is 5.92 Å². The van der Waals surface area contributed by atoms with Crippen molar-refractivity contribution in [1.82, 2.24) is 0 Å². The Balaban J connectivity index is 1.65. The first-order chi connectivity index (χ1) is 9.81. The lowest BCUT2D eigenvalue weighted by Gasteiger charge is -2.22. The molecule has 1 saturated carbocycles. The highest BCUT2D eigenvalue weighted by atomic mass is 16.5. The molecule has 1 heterocycles. The van der Waals surface area contributed by atoms with Crippen LogP contribution in [0.4, 0.5) is 0 Å². The summed E-state index contributed by atoms with van der Waals surface area (Å²) in [7, 11) is 0. The molecule has 0 bridgehead atoms. The van der Waals surface area contributed by atoms with E-state index in [1.54, 1.807) is 0 Å². The van der Waals surface area contributed by atoms with Gasteiger partial charge < -0.3 is 9.15 Å². The van der Waals surface area contributed by atoms with E-state index in [2.05, 4.69) is 0 Å². The molecule has 2 aromatic rings. The number of fused-ring (bicyclic) bond motifs is 3. The second-order valence-corrected chi connectivity index (χ2v) is 5.92. The molecule has 1 aromatic heterocycles. The number of ether oxygens (including phenoxy) is 1. The maximum Gasteiger partial charge on any atom is 0.314 e. The summed E-state index contributed by atoms with van der Waals surface area (Å²) in [5.74, 6) is 1.81. The molecule has 0 spiro atoms. The third-order valence-corrected chi connectivity index (χ3v) is 4.58. The third kappa shape index (κ3) is 1.92. The van der Waals surface area contributed by atoms with Gasteiger partial charge in [-0.3, -0.25) is 4.79 Å². The summed E-state index contributed by atoms with van der Waals surface area (Å²) < 4.78 is 11.4. The molecule has 0 aliphatic heterocycles. The van der Waals surface area contributed by atoms with Gasteiger partial charge in [0.1, 0.15) is 17.1 Å². The fourth-order valence-corrected chi connectivity index (χ4v) is 3.15. The second kappa shape index (κ2) is 4.65. The SMILES string of the molecule is O=C(Oc1ccc2oc3c(c2c1)CCCC3)C1CCC1. The molecule has 0 atom stereocenters. The molecule has 2 aliphatic rings. The highest BCUT2D eigenvalue weighted by Crippen LogP contribution is 2.34. The van der Waals surface area contributed by atoms with E-state index in [1.165, 1.54) is 18.4 Å². The van der Waals surface area contributed by atoms with Gasteiger partial charge in [-0.15, -0.1) is 0 Å². The molecule has 2 aliphatic carbocycles. The molecule has 104 valence electrons. The molecule has 20 heavy (non-hydrogen) atoms. The summed E-state index contributed by atoms with van der Waals surface area (Å²) in [6.07, 6.45) is 7.62. The minimum Gasteiger partial charge on any atom is -0.461 e. The number of hydrogen-bond acceptors (Lipinski definition) is 3. The topological polar surface area (TPSA) is 39.4 Å². The summed E-state index contributed by atoms with van der Waals surface area (Å²) in [6.45, 7) is 0. The zero-order chi connectivity index (χ0) is 13.5. The summed E-state index contributed by atoms with van der Waals surface area (Å²) in [4.78, 5) is 11.9. The summed E-state index contributed by atoms with van der Waals surface area (Å²) in [5, 5.41) is 1.12. The average Bonchev–Trinajstić information content (AvgIpc) is 2.75. The van der Waals surface area contributed by atoms with E-state index >= 15 is 0 Å². The van der Waals surface area contributed by atoms with Crippen LogP contribution >= 0.6 is 0 Å². The molecule has 0 amide bonds. The monoisotopic (exact) mass is 270 g/mol. The minimum absolute atomic E-state index is 0.0760. The molecule has 4 rings (SSSR count). The van der Waals surface area contributed by atoms with E-state index in [9.17, 15) is 4.79 Å². The largest absolute Gasteiger partial charge is 0.461 e. The van der Waals surface area contributed by atoms with Crippen molar-refractivity contribution < 1.29 is 13.9 Å². The molecule has 0 unspecified atom stereocenters. The first kappa shape index (κ1) is 12.0. The van der Waals surface area contributed by atoms with E-state index in [0.717, 1.165) is 48.8 Å². The van der Waals surface area contributed by atoms with Crippen LogP contribution in [0.2, 0.25) is 0 Å². The number of benzene rings is 1. The lowest BCUT2D eigenvalue weighted by molar-refractivity contribution is -0.141. The molecular weight excluding hydrogens is 252 g/mol. The van der Waals surface area contributed by atoms with Crippen LogP contribution in [0.1, 0.15) is 43.4 Å². The van der Waals surface area contributed by atoms with E-state index < -0.39 is 0 Å². The first-order valence-corrected chi connectivity index (χ1v) is 7.57. The van der Waals surface area contributed by atoms with Crippen molar-refractivity contribution in [2.24, 2.45) is 5.92 Å². The van der Waals surface area contributed by atoms with Crippen molar-refractivity contribution in [3.63, 3.8) is 0 Å². The van der Waals surface area contributed by atoms with Crippen molar-refractivity contribution in [3.05, 3.63) is 29.5 Å². The molecule has 3 heteroatoms. The number of hydrogen-bond donors (Lipinski definition) is 0. The quantitative estimate of drug-likeness (QED) is 0.611. The van der Waals surface area contributed by atoms with Crippen molar-refractivity contribution >= 4 is 16.9 Å². The van der Waals surface area contributed by atoms with Crippen LogP contribution in [0.25, 0.3) is 11.0 Å². The van der Waals surface area contributed by atoms with E-state index in [1.807, 2.05) is 18.2 Å². The van der Waals surface area contributed by atoms with Gasteiger partial charge in [-0.2, -0.15) is 0 Å². The number of aryl methyl sites for hydroxylation is 2. The van der Waals surface area contributed by atoms with Crippen molar-refractivity contribution in [1.29, 1.82) is 0 Å². The van der Waals surface area contributed by atoms with Gasteiger partial charge in [0.2, 0.25) is 0 Å². The first-order valence-electron chi connectivity index (χ1n) is 7.57. The maximum absolute atomic E-state index is 11.9. The Morgan fingerprint density at radius 3 is 2.80 bits per heavy atom. The maximum atomic E-state index is 11.9. The second-order valence-electron chi connectivity index (χ2n) is 5.92. The van der Waals surface area contributed by atoms with Gasteiger partial charge >= 0.3 is 5.97 Å². The molecular formula is C17H18O3. The lowest BCUT2D eigenvalue weighted by Crippen LogP contribution is -2.26. The van der Waals surface area contributed by atoms with Gasteiger partial charge in [0.25, 0.3) is 0 Å². The smallest absolute Gasteiger partial charge is 0.314 e. The molecule has 0 saturated heterocycles. The highest BCUT2D eigenvalue weighted by Gasteiger charge is 2.27. The van der Waals surface area contributed by atoms with Crippen LogP contribution in [0.5, 0.6) is 5.75 Å². The Morgan fingerprint density at radius 1 is 1.15 bits per heavy atom. The average molecular weight is 270 g/mol. The zero-order valence-electron chi connectivity index (χ0n) is 11.5.